The molecule has 3 unspecified atom stereocenters. The van der Waals surface area contributed by atoms with Crippen LogP contribution in [0.3, 0.4) is 0 Å². The Morgan fingerprint density at radius 3 is 2.38 bits per heavy atom. The summed E-state index contributed by atoms with van der Waals surface area (Å²) in [4.78, 5) is 51.2. The normalized spacial score (nSPS) is 21.8. The number of hydrogen-bond acceptors (Lipinski definition) is 4. The van der Waals surface area contributed by atoms with Gasteiger partial charge in [0, 0.05) is 28.6 Å². The fourth-order valence-electron chi connectivity index (χ4n) is 4.29. The minimum atomic E-state index is -4.00. The number of carbonyl (C=O) groups excluding carboxylic acids is 4. The number of benzene rings is 2. The van der Waals surface area contributed by atoms with Crippen LogP contribution in [0.1, 0.15) is 33.0 Å². The van der Waals surface area contributed by atoms with Gasteiger partial charge in [-0.05, 0) is 35.1 Å². The number of fused-ring (bicyclic) bond motifs is 1. The lowest BCUT2D eigenvalue weighted by atomic mass is 9.39. The molecule has 1 fully saturated rings. The maximum absolute atomic E-state index is 14.8. The molecule has 3 atom stereocenters. The van der Waals surface area contributed by atoms with E-state index in [1.807, 2.05) is 5.32 Å². The number of rotatable bonds is 5. The zero-order chi connectivity index (χ0) is 27.4. The molecule has 0 aromatic heterocycles. The Hall–Kier alpha value is -3.01. The number of amides is 4. The van der Waals surface area contributed by atoms with E-state index in [1.165, 1.54) is 30.3 Å². The second kappa shape index (κ2) is 9.38. The molecule has 7 nitrogen and oxygen atoms in total. The standard InChI is InChI=1S/C22H13B5ClF2N3O4/c23-14-17(34)31-18(35)15(21(14,25)26)32-8-10-7-9(1-6-13(10)19(32)36)16(24)33(27)20(37)22(29,30)11-2-4-12(28)5-3-11/h1-7,14-16H,8H2,(H,31,34,35). The van der Waals surface area contributed by atoms with Gasteiger partial charge in [0.15, 0.2) is 0 Å². The van der Waals surface area contributed by atoms with Gasteiger partial charge in [-0.25, -0.2) is 0 Å². The van der Waals surface area contributed by atoms with Crippen molar-refractivity contribution in [3.05, 3.63) is 69.7 Å². The molecule has 0 aliphatic carbocycles. The van der Waals surface area contributed by atoms with Gasteiger partial charge in [-0.2, -0.15) is 8.78 Å². The molecule has 0 saturated carbocycles. The van der Waals surface area contributed by atoms with Crippen molar-refractivity contribution < 1.29 is 28.0 Å². The first-order valence-corrected chi connectivity index (χ1v) is 11.1. The minimum absolute atomic E-state index is 0.128. The third kappa shape index (κ3) is 4.49. The third-order valence-electron chi connectivity index (χ3n) is 6.41. The Morgan fingerprint density at radius 1 is 1.14 bits per heavy atom. The van der Waals surface area contributed by atoms with Gasteiger partial charge in [0.1, 0.15) is 13.9 Å². The van der Waals surface area contributed by atoms with Gasteiger partial charge in [0.05, 0.1) is 23.5 Å². The molecular formula is C22H13B5ClF2N3O4. The van der Waals surface area contributed by atoms with Gasteiger partial charge in [-0.3, -0.25) is 24.5 Å². The van der Waals surface area contributed by atoms with Gasteiger partial charge >= 0.3 is 5.92 Å². The molecule has 15 heteroatoms. The van der Waals surface area contributed by atoms with Crippen molar-refractivity contribution in [1.82, 2.24) is 15.0 Å². The third-order valence-corrected chi connectivity index (χ3v) is 6.67. The Morgan fingerprint density at radius 2 is 1.76 bits per heavy atom. The number of carbonyl (C=O) groups is 4. The number of alkyl halides is 2. The van der Waals surface area contributed by atoms with E-state index in [-0.39, 0.29) is 27.5 Å². The van der Waals surface area contributed by atoms with E-state index in [9.17, 15) is 28.0 Å². The molecule has 2 aliphatic rings. The molecule has 2 aliphatic heterocycles. The highest BCUT2D eigenvalue weighted by molar-refractivity contribution is 6.50. The molecule has 0 spiro atoms. The van der Waals surface area contributed by atoms with Gasteiger partial charge in [-0.15, -0.1) is 0 Å². The molecule has 2 aromatic rings. The molecular weight excluding hydrogens is 498 g/mol. The Balaban J connectivity index is 1.57. The molecule has 4 amide bonds. The number of imide groups is 1. The summed E-state index contributed by atoms with van der Waals surface area (Å²) < 4.78 is 29.6. The molecule has 37 heavy (non-hydrogen) atoms. The highest BCUT2D eigenvalue weighted by Gasteiger charge is 2.51. The van der Waals surface area contributed by atoms with Crippen molar-refractivity contribution in [2.75, 3.05) is 0 Å². The summed E-state index contributed by atoms with van der Waals surface area (Å²) in [5.74, 6) is -11.2. The zero-order valence-corrected chi connectivity index (χ0v) is 19.8. The van der Waals surface area contributed by atoms with Crippen molar-refractivity contribution in [2.45, 2.75) is 35.5 Å². The monoisotopic (exact) mass is 511 g/mol. The van der Waals surface area contributed by atoms with Crippen molar-refractivity contribution in [2.24, 2.45) is 0 Å². The van der Waals surface area contributed by atoms with E-state index in [1.54, 1.807) is 0 Å². The van der Waals surface area contributed by atoms with Gasteiger partial charge in [-0.1, -0.05) is 41.1 Å². The maximum Gasteiger partial charge on any atom is 0.348 e. The predicted molar refractivity (Wildman–Crippen MR) is 133 cm³/mol. The highest BCUT2D eigenvalue weighted by Crippen LogP contribution is 2.43. The summed E-state index contributed by atoms with van der Waals surface area (Å²) in [5.41, 5.74) is -0.0270. The molecule has 1 N–H and O–H groups in total. The van der Waals surface area contributed by atoms with Crippen LogP contribution >= 0.6 is 11.6 Å². The first kappa shape index (κ1) is 27.0. The van der Waals surface area contributed by atoms with Gasteiger partial charge in [0.25, 0.3) is 11.8 Å². The van der Waals surface area contributed by atoms with Crippen molar-refractivity contribution in [3.63, 3.8) is 0 Å². The minimum Gasteiger partial charge on any atom is -0.393 e. The summed E-state index contributed by atoms with van der Waals surface area (Å²) in [5, 5.41) is 0.170. The van der Waals surface area contributed by atoms with Crippen LogP contribution in [0.2, 0.25) is 16.1 Å². The number of hydrogen-bond donors (Lipinski definition) is 1. The Kier molecular flexibility index (Phi) is 6.86. The fraction of sp³-hybridized carbons (Fsp3) is 0.273. The molecule has 4 rings (SSSR count). The van der Waals surface area contributed by atoms with E-state index < -0.39 is 58.1 Å². The van der Waals surface area contributed by atoms with Crippen LogP contribution in [-0.2, 0) is 26.9 Å². The van der Waals surface area contributed by atoms with Crippen molar-refractivity contribution in [1.29, 1.82) is 0 Å². The molecule has 2 heterocycles. The Bertz CT molecular complexity index is 1310. The number of nitrogens with zero attached hydrogens (tertiary/aromatic N) is 2. The van der Waals surface area contributed by atoms with Crippen LogP contribution in [0.25, 0.3) is 0 Å². The van der Waals surface area contributed by atoms with Crippen molar-refractivity contribution in [3.8, 4) is 0 Å². The smallest absolute Gasteiger partial charge is 0.348 e. The lowest BCUT2D eigenvalue weighted by Crippen LogP contribution is -2.62. The van der Waals surface area contributed by atoms with Crippen LogP contribution < -0.4 is 5.32 Å². The summed E-state index contributed by atoms with van der Waals surface area (Å²) in [6.07, 6.45) is 0. The second-order valence-electron chi connectivity index (χ2n) is 8.82. The maximum atomic E-state index is 14.8. The average molecular weight is 511 g/mol. The molecule has 10 radical (unpaired) electrons. The van der Waals surface area contributed by atoms with E-state index in [4.69, 9.17) is 51.0 Å². The SMILES string of the molecule is [B]C(c1ccc2c(c1)CN(C1C(=O)NC(=O)C([B])C1([B])[B])C2=O)N([B])C(=O)C(F)(F)c1ccc(Cl)cc1. The molecule has 2 aromatic carbocycles. The molecule has 176 valence electrons. The number of nitrogens with one attached hydrogen (secondary N) is 1. The van der Waals surface area contributed by atoms with Crippen molar-refractivity contribution >= 4 is 74.6 Å². The lowest BCUT2D eigenvalue weighted by Gasteiger charge is -2.46. The van der Waals surface area contributed by atoms with Crippen LogP contribution in [0.5, 0.6) is 0 Å². The van der Waals surface area contributed by atoms with E-state index in [2.05, 4.69) is 0 Å². The number of piperidine rings is 1. The van der Waals surface area contributed by atoms with Gasteiger partial charge < -0.3 is 9.71 Å². The van der Waals surface area contributed by atoms with Gasteiger partial charge in [0.2, 0.25) is 19.8 Å². The number of halogens is 3. The quantitative estimate of drug-likeness (QED) is 0.471. The molecule has 0 bridgehead atoms. The van der Waals surface area contributed by atoms with E-state index in [0.717, 1.165) is 17.0 Å². The topological polar surface area (TPSA) is 86.8 Å². The predicted octanol–water partition coefficient (Wildman–Crippen LogP) is 0.602. The fourth-order valence-corrected chi connectivity index (χ4v) is 4.42. The van der Waals surface area contributed by atoms with Crippen LogP contribution in [0.4, 0.5) is 8.78 Å². The summed E-state index contributed by atoms with van der Waals surface area (Å²) >= 11 is 5.72. The highest BCUT2D eigenvalue weighted by atomic mass is 35.5. The summed E-state index contributed by atoms with van der Waals surface area (Å²) in [7, 11) is 29.4. The first-order valence-electron chi connectivity index (χ1n) is 10.8. The second-order valence-corrected chi connectivity index (χ2v) is 9.26. The van der Waals surface area contributed by atoms with Crippen LogP contribution in [-0.4, -0.2) is 78.7 Å². The summed E-state index contributed by atoms with van der Waals surface area (Å²) in [6, 6.07) is 6.95. The van der Waals surface area contributed by atoms with E-state index >= 15 is 0 Å². The first-order chi connectivity index (χ1) is 17.2. The van der Waals surface area contributed by atoms with Crippen LogP contribution in [0.15, 0.2) is 42.5 Å². The van der Waals surface area contributed by atoms with Crippen LogP contribution in [0, 0.1) is 0 Å². The average Bonchev–Trinajstić information content (AvgIpc) is 3.16. The Labute approximate surface area is 222 Å². The lowest BCUT2D eigenvalue weighted by molar-refractivity contribution is -0.154. The largest absolute Gasteiger partial charge is 0.393 e. The summed E-state index contributed by atoms with van der Waals surface area (Å²) in [6.45, 7) is -0.191. The molecule has 1 saturated heterocycles. The zero-order valence-electron chi connectivity index (χ0n) is 19.0. The van der Waals surface area contributed by atoms with E-state index in [0.29, 0.717) is 5.56 Å².